The number of rotatable bonds is 3. The van der Waals surface area contributed by atoms with Crippen LogP contribution in [0.3, 0.4) is 0 Å². The van der Waals surface area contributed by atoms with Crippen molar-refractivity contribution in [2.75, 3.05) is 18.0 Å². The average Bonchev–Trinajstić information content (AvgIpc) is 3.25. The zero-order valence-corrected chi connectivity index (χ0v) is 14.3. The largest absolute Gasteiger partial charge is 0.477 e. The van der Waals surface area contributed by atoms with Gasteiger partial charge in [-0.1, -0.05) is 0 Å². The molecule has 4 rings (SSSR count). The fourth-order valence-electron chi connectivity index (χ4n) is 3.00. The summed E-state index contributed by atoms with van der Waals surface area (Å²) in [6, 6.07) is 2.81. The maximum Gasteiger partial charge on any atom is 0.341 e. The van der Waals surface area contributed by atoms with Gasteiger partial charge in [-0.25, -0.2) is 14.8 Å². The van der Waals surface area contributed by atoms with E-state index >= 15 is 0 Å². The molecule has 0 aromatic carbocycles. The van der Waals surface area contributed by atoms with Crippen molar-refractivity contribution in [1.29, 1.82) is 0 Å². The predicted octanol–water partition coefficient (Wildman–Crippen LogP) is 0.0486. The minimum absolute atomic E-state index is 0.188. The number of pyridine rings is 2. The minimum atomic E-state index is -1.31. The molecule has 0 spiro atoms. The molecule has 26 heavy (non-hydrogen) atoms. The molecule has 0 saturated carbocycles. The molecule has 9 nitrogen and oxygen atoms in total. The van der Waals surface area contributed by atoms with Crippen LogP contribution < -0.4 is 16.1 Å². The summed E-state index contributed by atoms with van der Waals surface area (Å²) in [6.45, 7) is 0.780. The van der Waals surface area contributed by atoms with Gasteiger partial charge in [0.05, 0.1) is 11.5 Å². The molecule has 3 aromatic rings. The Morgan fingerprint density at radius 2 is 2.15 bits per heavy atom. The number of carboxylic acid groups (broad SMARTS) is 1. The number of nitrogens with two attached hydrogens (primary N) is 1. The quantitative estimate of drug-likeness (QED) is 0.586. The summed E-state index contributed by atoms with van der Waals surface area (Å²) in [5, 5.41) is 21.6. The third-order valence-electron chi connectivity index (χ3n) is 4.35. The van der Waals surface area contributed by atoms with E-state index in [9.17, 15) is 19.8 Å². The highest BCUT2D eigenvalue weighted by molar-refractivity contribution is 7.12. The fraction of sp³-hybridized carbons (Fsp3) is 0.250. The highest BCUT2D eigenvalue weighted by Gasteiger charge is 2.29. The van der Waals surface area contributed by atoms with Crippen molar-refractivity contribution in [3.63, 3.8) is 0 Å². The number of carboxylic acids is 1. The van der Waals surface area contributed by atoms with E-state index in [-0.39, 0.29) is 17.0 Å². The Morgan fingerprint density at radius 1 is 1.35 bits per heavy atom. The number of aliphatic hydroxyl groups is 1. The van der Waals surface area contributed by atoms with E-state index in [1.165, 1.54) is 22.1 Å². The van der Waals surface area contributed by atoms with Crippen molar-refractivity contribution >= 4 is 34.2 Å². The summed E-state index contributed by atoms with van der Waals surface area (Å²) in [5.41, 5.74) is 5.22. The van der Waals surface area contributed by atoms with Gasteiger partial charge >= 0.3 is 5.97 Å². The molecule has 10 heteroatoms. The smallest absolute Gasteiger partial charge is 0.341 e. The van der Waals surface area contributed by atoms with Crippen molar-refractivity contribution in [2.45, 2.75) is 12.1 Å². The Hall–Kier alpha value is -2.82. The van der Waals surface area contributed by atoms with Crippen LogP contribution in [0.5, 0.6) is 0 Å². The number of hydrogen-bond acceptors (Lipinski definition) is 8. The van der Waals surface area contributed by atoms with E-state index in [0.29, 0.717) is 29.7 Å². The minimum Gasteiger partial charge on any atom is -0.477 e. The van der Waals surface area contributed by atoms with E-state index in [0.717, 1.165) is 0 Å². The van der Waals surface area contributed by atoms with E-state index in [1.807, 2.05) is 4.90 Å². The Labute approximate surface area is 151 Å². The third-order valence-corrected chi connectivity index (χ3v) is 5.12. The van der Waals surface area contributed by atoms with Gasteiger partial charge in [0, 0.05) is 36.9 Å². The number of aliphatic hydroxyl groups excluding tert-OH is 1. The summed E-state index contributed by atoms with van der Waals surface area (Å²) in [4.78, 5) is 34.5. The normalized spacial score (nSPS) is 20.0. The molecule has 1 aliphatic heterocycles. The van der Waals surface area contributed by atoms with Crippen LogP contribution in [0.4, 0.5) is 5.82 Å². The number of aromatic nitrogens is 3. The second kappa shape index (κ2) is 6.16. The molecule has 0 amide bonds. The molecule has 0 aliphatic carbocycles. The average molecular weight is 373 g/mol. The number of anilines is 1. The summed E-state index contributed by atoms with van der Waals surface area (Å²) >= 11 is 1.30. The molecule has 0 unspecified atom stereocenters. The zero-order valence-electron chi connectivity index (χ0n) is 13.4. The van der Waals surface area contributed by atoms with Gasteiger partial charge < -0.3 is 20.8 Å². The Morgan fingerprint density at radius 3 is 2.77 bits per heavy atom. The van der Waals surface area contributed by atoms with Crippen LogP contribution in [-0.2, 0) is 0 Å². The van der Waals surface area contributed by atoms with Gasteiger partial charge in [-0.15, -0.1) is 11.3 Å². The molecule has 4 heterocycles. The molecule has 1 fully saturated rings. The highest BCUT2D eigenvalue weighted by Crippen LogP contribution is 2.23. The maximum atomic E-state index is 12.5. The molecule has 1 aliphatic rings. The number of hydrogen-bond donors (Lipinski definition) is 3. The molecule has 134 valence electrons. The lowest BCUT2D eigenvalue weighted by atomic mass is 10.2. The van der Waals surface area contributed by atoms with Gasteiger partial charge in [-0.05, 0) is 12.1 Å². The SMILES string of the molecule is N[C@H]1CN(c2ccc3c(=O)c(C(=O)O)cn(-c4nccs4)c3n2)C[C@@H]1O. The number of carbonyl (C=O) groups is 1. The van der Waals surface area contributed by atoms with Crippen LogP contribution in [-0.4, -0.2) is 56.0 Å². The number of β-amino-alcohol motifs (C(OH)–C–C–N with tert-alkyl or cyclic N) is 1. The molecule has 1 saturated heterocycles. The van der Waals surface area contributed by atoms with Gasteiger partial charge in [0.25, 0.3) is 0 Å². The Balaban J connectivity index is 1.94. The van der Waals surface area contributed by atoms with Crippen LogP contribution >= 0.6 is 11.3 Å². The third kappa shape index (κ3) is 2.64. The monoisotopic (exact) mass is 373 g/mol. The number of thiazole rings is 1. The Kier molecular flexibility index (Phi) is 3.94. The first kappa shape index (κ1) is 16.6. The van der Waals surface area contributed by atoms with E-state index in [1.54, 1.807) is 23.7 Å². The van der Waals surface area contributed by atoms with Crippen LogP contribution in [0.2, 0.25) is 0 Å². The summed E-state index contributed by atoms with van der Waals surface area (Å²) in [6.07, 6.45) is 2.18. The van der Waals surface area contributed by atoms with Crippen LogP contribution in [0.15, 0.2) is 34.7 Å². The number of fused-ring (bicyclic) bond motifs is 1. The van der Waals surface area contributed by atoms with E-state index < -0.39 is 17.5 Å². The standard InChI is InChI=1S/C16H15N5O4S/c17-10-6-20(7-11(10)22)12-2-1-8-13(23)9(15(24)25)5-21(14(8)19-12)16-18-3-4-26-16/h1-5,10-11,22H,6-7,17H2,(H,24,25)/t10-,11-/m0/s1. The topological polar surface area (TPSA) is 135 Å². The lowest BCUT2D eigenvalue weighted by molar-refractivity contribution is 0.0695. The first-order valence-corrected chi connectivity index (χ1v) is 8.72. The molecule has 3 aromatic heterocycles. The van der Waals surface area contributed by atoms with Gasteiger partial charge in [0.15, 0.2) is 10.8 Å². The second-order valence-electron chi connectivity index (χ2n) is 6.04. The number of nitrogens with zero attached hydrogens (tertiary/aromatic N) is 4. The molecular weight excluding hydrogens is 358 g/mol. The van der Waals surface area contributed by atoms with Gasteiger partial charge in [-0.2, -0.15) is 0 Å². The zero-order chi connectivity index (χ0) is 18.4. The van der Waals surface area contributed by atoms with E-state index in [4.69, 9.17) is 5.73 Å². The van der Waals surface area contributed by atoms with Gasteiger partial charge in [-0.3, -0.25) is 9.36 Å². The van der Waals surface area contributed by atoms with Crippen molar-refractivity contribution in [2.24, 2.45) is 5.73 Å². The first-order chi connectivity index (χ1) is 12.5. The molecule has 4 N–H and O–H groups in total. The second-order valence-corrected chi connectivity index (χ2v) is 6.91. The van der Waals surface area contributed by atoms with Crippen LogP contribution in [0.1, 0.15) is 10.4 Å². The highest BCUT2D eigenvalue weighted by atomic mass is 32.1. The Bertz CT molecular complexity index is 1040. The van der Waals surface area contributed by atoms with Gasteiger partial charge in [0.1, 0.15) is 11.4 Å². The molecule has 2 atom stereocenters. The van der Waals surface area contributed by atoms with Crippen molar-refractivity contribution in [3.8, 4) is 5.13 Å². The van der Waals surface area contributed by atoms with Crippen LogP contribution in [0.25, 0.3) is 16.2 Å². The van der Waals surface area contributed by atoms with Crippen molar-refractivity contribution < 1.29 is 15.0 Å². The van der Waals surface area contributed by atoms with Crippen molar-refractivity contribution in [1.82, 2.24) is 14.5 Å². The summed E-state index contributed by atoms with van der Waals surface area (Å²) in [7, 11) is 0. The fourth-order valence-corrected chi connectivity index (χ4v) is 3.62. The van der Waals surface area contributed by atoms with Gasteiger partial charge in [0.2, 0.25) is 5.43 Å². The van der Waals surface area contributed by atoms with Crippen LogP contribution in [0, 0.1) is 0 Å². The van der Waals surface area contributed by atoms with E-state index in [2.05, 4.69) is 9.97 Å². The van der Waals surface area contributed by atoms with Crippen molar-refractivity contribution in [3.05, 3.63) is 45.7 Å². The lowest BCUT2D eigenvalue weighted by Crippen LogP contribution is -2.32. The maximum absolute atomic E-state index is 12.5. The summed E-state index contributed by atoms with van der Waals surface area (Å²) in [5.74, 6) is -0.753. The lowest BCUT2D eigenvalue weighted by Gasteiger charge is -2.18. The molecule has 0 bridgehead atoms. The summed E-state index contributed by atoms with van der Waals surface area (Å²) < 4.78 is 1.50. The molecule has 0 radical (unpaired) electrons. The molecular formula is C16H15N5O4S. The first-order valence-electron chi connectivity index (χ1n) is 7.84. The number of aromatic carboxylic acids is 1. The predicted molar refractivity (Wildman–Crippen MR) is 96.2 cm³/mol.